The Hall–Kier alpha value is -2.34. The number of nitrogens with one attached hydrogen (secondary N) is 3. The van der Waals surface area contributed by atoms with E-state index < -0.39 is 60.2 Å². The van der Waals surface area contributed by atoms with Gasteiger partial charge in [0.15, 0.2) is 0 Å². The highest BCUT2D eigenvalue weighted by Crippen LogP contribution is 2.03. The molecule has 11 nitrogen and oxygen atoms in total. The summed E-state index contributed by atoms with van der Waals surface area (Å²) in [5.41, 5.74) is 5.53. The van der Waals surface area contributed by atoms with Crippen LogP contribution in [0.25, 0.3) is 0 Å². The van der Waals surface area contributed by atoms with Crippen LogP contribution < -0.4 is 21.7 Å². The van der Waals surface area contributed by atoms with Crippen LogP contribution in [0.2, 0.25) is 0 Å². The van der Waals surface area contributed by atoms with Crippen molar-refractivity contribution in [1.82, 2.24) is 16.0 Å². The lowest BCUT2D eigenvalue weighted by atomic mass is 10.0. The van der Waals surface area contributed by atoms with Crippen molar-refractivity contribution in [3.8, 4) is 0 Å². The number of amides is 3. The number of rotatable bonds is 12. The zero-order valence-corrected chi connectivity index (χ0v) is 16.9. The molecule has 0 rings (SSSR count). The Bertz CT molecular complexity index is 600. The van der Waals surface area contributed by atoms with E-state index in [9.17, 15) is 24.0 Å². The predicted octanol–water partition coefficient (Wildman–Crippen LogP) is -1.68. The average molecular weight is 420 g/mol. The Kier molecular flexibility index (Phi) is 11.2. The molecule has 0 aliphatic heterocycles. The minimum Gasteiger partial charge on any atom is -0.481 e. The Morgan fingerprint density at radius 1 is 0.929 bits per heavy atom. The maximum absolute atomic E-state index is 12.4. The zero-order chi connectivity index (χ0) is 22.0. The quantitative estimate of drug-likeness (QED) is 0.182. The molecule has 0 saturated carbocycles. The lowest BCUT2D eigenvalue weighted by Gasteiger charge is -2.24. The smallest absolute Gasteiger partial charge is 0.326 e. The van der Waals surface area contributed by atoms with Crippen molar-refractivity contribution in [2.24, 2.45) is 11.7 Å². The fourth-order valence-corrected chi connectivity index (χ4v) is 2.24. The minimum absolute atomic E-state index is 0.0176. The van der Waals surface area contributed by atoms with Gasteiger partial charge in [-0.1, -0.05) is 13.8 Å². The van der Waals surface area contributed by atoms with E-state index in [0.717, 1.165) is 0 Å². The highest BCUT2D eigenvalue weighted by molar-refractivity contribution is 7.80. The first-order valence-corrected chi connectivity index (χ1v) is 9.26. The number of carboxylic acids is 2. The van der Waals surface area contributed by atoms with E-state index in [1.54, 1.807) is 13.8 Å². The monoisotopic (exact) mass is 420 g/mol. The van der Waals surface area contributed by atoms with Crippen LogP contribution in [0.15, 0.2) is 0 Å². The molecular formula is C16H28N4O7S. The minimum atomic E-state index is -1.23. The van der Waals surface area contributed by atoms with Gasteiger partial charge in [0.2, 0.25) is 17.7 Å². The van der Waals surface area contributed by atoms with Gasteiger partial charge in [0.25, 0.3) is 0 Å². The van der Waals surface area contributed by atoms with E-state index in [1.807, 2.05) is 0 Å². The van der Waals surface area contributed by atoms with E-state index in [1.165, 1.54) is 6.92 Å². The summed E-state index contributed by atoms with van der Waals surface area (Å²) in [6, 6.07) is -4.48. The maximum atomic E-state index is 12.4. The predicted molar refractivity (Wildman–Crippen MR) is 103 cm³/mol. The second-order valence-corrected chi connectivity index (χ2v) is 6.95. The summed E-state index contributed by atoms with van der Waals surface area (Å²) >= 11 is 3.88. The highest BCUT2D eigenvalue weighted by atomic mass is 32.1. The second kappa shape index (κ2) is 12.2. The molecule has 0 fully saturated rings. The van der Waals surface area contributed by atoms with Crippen molar-refractivity contribution < 1.29 is 34.2 Å². The second-order valence-electron chi connectivity index (χ2n) is 6.58. The molecule has 0 aromatic rings. The molecule has 0 radical (unpaired) electrons. The number of aliphatic carboxylic acids is 2. The molecule has 0 aromatic heterocycles. The SMILES string of the molecule is CC(NC(=O)C(CCC(=O)O)NC(=O)C(N)CS)C(=O)NC(C(=O)O)C(C)C. The molecule has 28 heavy (non-hydrogen) atoms. The van der Waals surface area contributed by atoms with Crippen LogP contribution in [0.1, 0.15) is 33.6 Å². The molecule has 0 spiro atoms. The lowest BCUT2D eigenvalue weighted by Crippen LogP contribution is -2.57. The normalized spacial score (nSPS) is 15.1. The highest BCUT2D eigenvalue weighted by Gasteiger charge is 2.29. The number of carbonyl (C=O) groups is 5. The first-order valence-electron chi connectivity index (χ1n) is 8.62. The van der Waals surface area contributed by atoms with Crippen LogP contribution in [-0.4, -0.2) is 69.8 Å². The number of nitrogens with two attached hydrogens (primary N) is 1. The molecule has 4 unspecified atom stereocenters. The molecule has 7 N–H and O–H groups in total. The summed E-state index contributed by atoms with van der Waals surface area (Å²) in [6.45, 7) is 4.57. The number of thiol groups is 1. The fourth-order valence-electron chi connectivity index (χ4n) is 2.07. The van der Waals surface area contributed by atoms with Crippen molar-refractivity contribution in [1.29, 1.82) is 0 Å². The van der Waals surface area contributed by atoms with Crippen LogP contribution in [0, 0.1) is 5.92 Å². The molecule has 0 aliphatic rings. The Balaban J connectivity index is 5.06. The van der Waals surface area contributed by atoms with Crippen molar-refractivity contribution in [2.75, 3.05) is 5.75 Å². The lowest BCUT2D eigenvalue weighted by molar-refractivity contribution is -0.143. The molecular weight excluding hydrogens is 392 g/mol. The topological polar surface area (TPSA) is 188 Å². The first kappa shape index (κ1) is 25.7. The number of hydrogen-bond acceptors (Lipinski definition) is 7. The number of carbonyl (C=O) groups excluding carboxylic acids is 3. The summed E-state index contributed by atoms with van der Waals surface area (Å²) in [5.74, 6) is -4.96. The zero-order valence-electron chi connectivity index (χ0n) is 16.0. The van der Waals surface area contributed by atoms with E-state index in [4.69, 9.17) is 15.9 Å². The van der Waals surface area contributed by atoms with Crippen molar-refractivity contribution in [3.63, 3.8) is 0 Å². The van der Waals surface area contributed by atoms with Gasteiger partial charge >= 0.3 is 11.9 Å². The van der Waals surface area contributed by atoms with Gasteiger partial charge in [-0.25, -0.2) is 4.79 Å². The third kappa shape index (κ3) is 9.04. The molecule has 0 heterocycles. The van der Waals surface area contributed by atoms with Crippen LogP contribution in [0.3, 0.4) is 0 Å². The third-order valence-corrected chi connectivity index (χ3v) is 4.19. The van der Waals surface area contributed by atoms with Gasteiger partial charge in [-0.3, -0.25) is 19.2 Å². The molecule has 160 valence electrons. The van der Waals surface area contributed by atoms with Crippen molar-refractivity contribution in [2.45, 2.75) is 57.8 Å². The van der Waals surface area contributed by atoms with E-state index in [-0.39, 0.29) is 18.1 Å². The summed E-state index contributed by atoms with van der Waals surface area (Å²) < 4.78 is 0. The van der Waals surface area contributed by atoms with Crippen LogP contribution in [0.5, 0.6) is 0 Å². The summed E-state index contributed by atoms with van der Waals surface area (Å²) in [4.78, 5) is 58.4. The van der Waals surface area contributed by atoms with Crippen LogP contribution in [-0.2, 0) is 24.0 Å². The van der Waals surface area contributed by atoms with Gasteiger partial charge in [0, 0.05) is 12.2 Å². The maximum Gasteiger partial charge on any atom is 0.326 e. The van der Waals surface area contributed by atoms with Gasteiger partial charge in [0.05, 0.1) is 6.04 Å². The molecule has 4 atom stereocenters. The molecule has 0 bridgehead atoms. The Morgan fingerprint density at radius 3 is 1.93 bits per heavy atom. The van der Waals surface area contributed by atoms with Crippen LogP contribution >= 0.6 is 12.6 Å². The summed E-state index contributed by atoms with van der Waals surface area (Å²) in [7, 11) is 0. The van der Waals surface area contributed by atoms with Gasteiger partial charge < -0.3 is 31.9 Å². The summed E-state index contributed by atoms with van der Waals surface area (Å²) in [5, 5.41) is 24.9. The van der Waals surface area contributed by atoms with Crippen LogP contribution in [0.4, 0.5) is 0 Å². The molecule has 0 aliphatic carbocycles. The van der Waals surface area contributed by atoms with E-state index >= 15 is 0 Å². The van der Waals surface area contributed by atoms with Crippen molar-refractivity contribution in [3.05, 3.63) is 0 Å². The van der Waals surface area contributed by atoms with Gasteiger partial charge in [-0.15, -0.1) is 0 Å². The van der Waals surface area contributed by atoms with E-state index in [0.29, 0.717) is 0 Å². The van der Waals surface area contributed by atoms with Gasteiger partial charge in [0.1, 0.15) is 18.1 Å². The van der Waals surface area contributed by atoms with E-state index in [2.05, 4.69) is 28.6 Å². The molecule has 3 amide bonds. The molecule has 12 heteroatoms. The Labute approximate surface area is 168 Å². The fraction of sp³-hybridized carbons (Fsp3) is 0.688. The standard InChI is InChI=1S/C16H28N4O7S/c1-7(2)12(16(26)27)20-13(23)8(3)18-15(25)10(4-5-11(21)22)19-14(24)9(17)6-28/h7-10,12,28H,4-6,17H2,1-3H3,(H,18,25)(H,19,24)(H,20,23)(H,21,22)(H,26,27). The number of carboxylic acid groups (broad SMARTS) is 2. The van der Waals surface area contributed by atoms with Gasteiger partial charge in [-0.05, 0) is 19.3 Å². The Morgan fingerprint density at radius 2 is 1.50 bits per heavy atom. The largest absolute Gasteiger partial charge is 0.481 e. The van der Waals surface area contributed by atoms with Crippen molar-refractivity contribution >= 4 is 42.3 Å². The summed E-state index contributed by atoms with van der Waals surface area (Å²) in [6.07, 6.45) is -0.617. The van der Waals surface area contributed by atoms with Gasteiger partial charge in [-0.2, -0.15) is 12.6 Å². The number of hydrogen-bond donors (Lipinski definition) is 7. The third-order valence-electron chi connectivity index (χ3n) is 3.80. The molecule has 0 saturated heterocycles. The first-order chi connectivity index (χ1) is 12.9. The molecule has 0 aromatic carbocycles. The average Bonchev–Trinajstić information content (AvgIpc) is 2.60.